The Balaban J connectivity index is 2.52. The van der Waals surface area contributed by atoms with E-state index in [0.717, 1.165) is 6.20 Å². The van der Waals surface area contributed by atoms with E-state index in [1.807, 2.05) is 6.92 Å². The van der Waals surface area contributed by atoms with Gasteiger partial charge in [0.25, 0.3) is 0 Å². The fourth-order valence-electron chi connectivity index (χ4n) is 1.64. The summed E-state index contributed by atoms with van der Waals surface area (Å²) in [7, 11) is 0. The van der Waals surface area contributed by atoms with Crippen LogP contribution in [0.25, 0.3) is 11.3 Å². The van der Waals surface area contributed by atoms with Crippen LogP contribution in [0.5, 0.6) is 0 Å². The van der Waals surface area contributed by atoms with Crippen molar-refractivity contribution in [1.29, 1.82) is 0 Å². The minimum Gasteiger partial charge on any atom is -0.370 e. The van der Waals surface area contributed by atoms with Gasteiger partial charge < -0.3 is 5.32 Å². The van der Waals surface area contributed by atoms with Crippen molar-refractivity contribution in [3.63, 3.8) is 0 Å². The third kappa shape index (κ3) is 3.65. The zero-order chi connectivity index (χ0) is 15.5. The van der Waals surface area contributed by atoms with Crippen LogP contribution < -0.4 is 5.32 Å². The minimum atomic E-state index is -4.71. The highest BCUT2D eigenvalue weighted by molar-refractivity contribution is 5.62. The molecule has 0 radical (unpaired) electrons. The number of aromatic nitrogens is 3. The minimum absolute atomic E-state index is 0.00499. The van der Waals surface area contributed by atoms with Gasteiger partial charge in [0.15, 0.2) is 5.82 Å². The molecule has 0 saturated carbocycles. The molecule has 0 amide bonds. The predicted molar refractivity (Wildman–Crippen MR) is 69.0 cm³/mol. The quantitative estimate of drug-likeness (QED) is 0.878. The Morgan fingerprint density at radius 1 is 1.24 bits per heavy atom. The number of pyridine rings is 1. The molecule has 0 aromatic carbocycles. The topological polar surface area (TPSA) is 50.7 Å². The Bertz CT molecular complexity index is 628. The summed E-state index contributed by atoms with van der Waals surface area (Å²) in [5.74, 6) is -2.05. The lowest BCUT2D eigenvalue weighted by molar-refractivity contribution is -0.144. The van der Waals surface area contributed by atoms with Gasteiger partial charge in [0.1, 0.15) is 5.82 Å². The largest absolute Gasteiger partial charge is 0.451 e. The number of alkyl halides is 3. The van der Waals surface area contributed by atoms with Crippen LogP contribution in [0.15, 0.2) is 24.5 Å². The van der Waals surface area contributed by atoms with E-state index < -0.39 is 17.8 Å². The predicted octanol–water partition coefficient (Wildman–Crippen LogP) is 3.52. The maximum atomic E-state index is 13.7. The first-order chi connectivity index (χ1) is 9.91. The lowest BCUT2D eigenvalue weighted by Crippen LogP contribution is -2.14. The summed E-state index contributed by atoms with van der Waals surface area (Å²) in [6, 6.07) is 2.55. The Kier molecular flexibility index (Phi) is 4.35. The van der Waals surface area contributed by atoms with Crippen LogP contribution in [0.1, 0.15) is 19.2 Å². The zero-order valence-corrected chi connectivity index (χ0v) is 11.1. The second-order valence-electron chi connectivity index (χ2n) is 4.24. The molecule has 0 fully saturated rings. The highest BCUT2D eigenvalue weighted by Gasteiger charge is 2.35. The van der Waals surface area contributed by atoms with E-state index in [0.29, 0.717) is 13.0 Å². The van der Waals surface area contributed by atoms with Gasteiger partial charge in [-0.3, -0.25) is 4.98 Å². The molecule has 8 heteroatoms. The monoisotopic (exact) mass is 300 g/mol. The molecular weight excluding hydrogens is 288 g/mol. The van der Waals surface area contributed by atoms with E-state index in [4.69, 9.17) is 0 Å². The van der Waals surface area contributed by atoms with Gasteiger partial charge in [0, 0.05) is 24.4 Å². The SMILES string of the molecule is CCCNc1cc(-c2ccncc2F)nc(C(F)(F)F)n1. The van der Waals surface area contributed by atoms with E-state index in [2.05, 4.69) is 20.3 Å². The summed E-state index contributed by atoms with van der Waals surface area (Å²) in [6.45, 7) is 2.31. The van der Waals surface area contributed by atoms with Crippen LogP contribution in [-0.4, -0.2) is 21.5 Å². The zero-order valence-electron chi connectivity index (χ0n) is 11.1. The molecule has 0 bridgehead atoms. The summed E-state index contributed by atoms with van der Waals surface area (Å²) < 4.78 is 52.1. The number of rotatable bonds is 4. The summed E-state index contributed by atoms with van der Waals surface area (Å²) in [6.07, 6.45) is -1.79. The number of anilines is 1. The third-order valence-corrected chi connectivity index (χ3v) is 2.58. The third-order valence-electron chi connectivity index (χ3n) is 2.58. The molecule has 0 unspecified atom stereocenters. The van der Waals surface area contributed by atoms with Gasteiger partial charge in [0.2, 0.25) is 5.82 Å². The maximum Gasteiger partial charge on any atom is 0.451 e. The average molecular weight is 300 g/mol. The first-order valence-electron chi connectivity index (χ1n) is 6.22. The fourth-order valence-corrected chi connectivity index (χ4v) is 1.64. The van der Waals surface area contributed by atoms with Crippen molar-refractivity contribution in [2.24, 2.45) is 0 Å². The molecule has 112 valence electrons. The van der Waals surface area contributed by atoms with Crippen LogP contribution >= 0.6 is 0 Å². The average Bonchev–Trinajstić information content (AvgIpc) is 2.44. The van der Waals surface area contributed by atoms with E-state index in [1.165, 1.54) is 18.3 Å². The van der Waals surface area contributed by atoms with Crippen molar-refractivity contribution in [3.8, 4) is 11.3 Å². The van der Waals surface area contributed by atoms with Gasteiger partial charge in [0.05, 0.1) is 11.9 Å². The Labute approximate surface area is 118 Å². The summed E-state index contributed by atoms with van der Waals surface area (Å²) in [4.78, 5) is 10.4. The lowest BCUT2D eigenvalue weighted by atomic mass is 10.2. The molecule has 0 aliphatic carbocycles. The molecule has 0 spiro atoms. The van der Waals surface area contributed by atoms with Gasteiger partial charge in [-0.25, -0.2) is 14.4 Å². The smallest absolute Gasteiger partial charge is 0.370 e. The summed E-state index contributed by atoms with van der Waals surface area (Å²) in [5.41, 5.74) is -0.201. The summed E-state index contributed by atoms with van der Waals surface area (Å²) in [5, 5.41) is 2.75. The van der Waals surface area contributed by atoms with Crippen LogP contribution in [0, 0.1) is 5.82 Å². The van der Waals surface area contributed by atoms with Crippen molar-refractivity contribution < 1.29 is 17.6 Å². The van der Waals surface area contributed by atoms with Crippen LogP contribution in [-0.2, 0) is 6.18 Å². The molecule has 4 nitrogen and oxygen atoms in total. The van der Waals surface area contributed by atoms with E-state index in [-0.39, 0.29) is 17.1 Å². The second kappa shape index (κ2) is 6.02. The molecule has 0 atom stereocenters. The number of hydrogen-bond acceptors (Lipinski definition) is 4. The number of nitrogens with zero attached hydrogens (tertiary/aromatic N) is 3. The molecule has 21 heavy (non-hydrogen) atoms. The molecule has 2 aromatic heterocycles. The Morgan fingerprint density at radius 2 is 2.00 bits per heavy atom. The Morgan fingerprint density at radius 3 is 2.62 bits per heavy atom. The highest BCUT2D eigenvalue weighted by Crippen LogP contribution is 2.30. The van der Waals surface area contributed by atoms with Gasteiger partial charge in [-0.05, 0) is 12.5 Å². The summed E-state index contributed by atoms with van der Waals surface area (Å²) >= 11 is 0. The van der Waals surface area contributed by atoms with Crippen LogP contribution in [0.2, 0.25) is 0 Å². The van der Waals surface area contributed by atoms with E-state index in [1.54, 1.807) is 0 Å². The molecule has 2 rings (SSSR count). The van der Waals surface area contributed by atoms with Crippen LogP contribution in [0.3, 0.4) is 0 Å². The van der Waals surface area contributed by atoms with Crippen molar-refractivity contribution in [2.45, 2.75) is 19.5 Å². The molecule has 0 aliphatic heterocycles. The molecule has 2 heterocycles. The van der Waals surface area contributed by atoms with Gasteiger partial charge >= 0.3 is 6.18 Å². The van der Waals surface area contributed by atoms with E-state index >= 15 is 0 Å². The normalized spacial score (nSPS) is 11.5. The number of nitrogens with one attached hydrogen (secondary N) is 1. The van der Waals surface area contributed by atoms with Crippen molar-refractivity contribution in [3.05, 3.63) is 36.2 Å². The maximum absolute atomic E-state index is 13.7. The van der Waals surface area contributed by atoms with Crippen LogP contribution in [0.4, 0.5) is 23.4 Å². The van der Waals surface area contributed by atoms with Crippen molar-refractivity contribution in [2.75, 3.05) is 11.9 Å². The van der Waals surface area contributed by atoms with Gasteiger partial charge in [-0.1, -0.05) is 6.92 Å². The molecular formula is C13H12F4N4. The standard InChI is InChI=1S/C13H12F4N4/c1-2-4-19-11-6-10(8-3-5-18-7-9(8)14)20-12(21-11)13(15,16)17/h3,5-7H,2,4H2,1H3,(H,19,20,21). The molecule has 0 saturated heterocycles. The highest BCUT2D eigenvalue weighted by atomic mass is 19.4. The first kappa shape index (κ1) is 15.1. The fraction of sp³-hybridized carbons (Fsp3) is 0.308. The lowest BCUT2D eigenvalue weighted by Gasteiger charge is -2.11. The number of hydrogen-bond donors (Lipinski definition) is 1. The first-order valence-corrected chi connectivity index (χ1v) is 6.22. The number of halogens is 4. The Hall–Kier alpha value is -2.25. The molecule has 0 aliphatic rings. The van der Waals surface area contributed by atoms with Gasteiger partial charge in [-0.15, -0.1) is 0 Å². The molecule has 2 aromatic rings. The van der Waals surface area contributed by atoms with Crippen molar-refractivity contribution >= 4 is 5.82 Å². The van der Waals surface area contributed by atoms with E-state index in [9.17, 15) is 17.6 Å². The van der Waals surface area contributed by atoms with Gasteiger partial charge in [-0.2, -0.15) is 13.2 Å². The molecule has 1 N–H and O–H groups in total. The van der Waals surface area contributed by atoms with Crippen molar-refractivity contribution in [1.82, 2.24) is 15.0 Å². The second-order valence-corrected chi connectivity index (χ2v) is 4.24.